The van der Waals surface area contributed by atoms with Crippen molar-refractivity contribution in [3.63, 3.8) is 0 Å². The van der Waals surface area contributed by atoms with E-state index in [-0.39, 0.29) is 5.13 Å². The molecule has 22 heavy (non-hydrogen) atoms. The molecule has 1 N–H and O–H groups in total. The van der Waals surface area contributed by atoms with Crippen LogP contribution < -0.4 is 10.1 Å². The zero-order chi connectivity index (χ0) is 15.8. The van der Waals surface area contributed by atoms with Crippen LogP contribution >= 0.6 is 23.1 Å². The van der Waals surface area contributed by atoms with Gasteiger partial charge in [-0.1, -0.05) is 41.3 Å². The second-order valence-electron chi connectivity index (χ2n) is 4.21. The second-order valence-corrected chi connectivity index (χ2v) is 6.52. The summed E-state index contributed by atoms with van der Waals surface area (Å²) in [6.07, 6.45) is -3.45. The lowest BCUT2D eigenvalue weighted by Crippen LogP contribution is -2.21. The fourth-order valence-electron chi connectivity index (χ4n) is 1.44. The fraction of sp³-hybridized carbons (Fsp3) is 0.385. The van der Waals surface area contributed by atoms with Crippen LogP contribution in [0.1, 0.15) is 6.42 Å². The van der Waals surface area contributed by atoms with E-state index in [4.69, 9.17) is 4.74 Å². The number of rotatable bonds is 8. The molecule has 0 unspecified atom stereocenters. The number of aromatic nitrogens is 2. The third-order valence-corrected chi connectivity index (χ3v) is 4.47. The zero-order valence-corrected chi connectivity index (χ0v) is 13.1. The Morgan fingerprint density at radius 2 is 1.95 bits per heavy atom. The van der Waals surface area contributed by atoms with Crippen molar-refractivity contribution in [1.82, 2.24) is 10.2 Å². The second kappa shape index (κ2) is 8.23. The molecule has 0 aliphatic heterocycles. The van der Waals surface area contributed by atoms with Gasteiger partial charge in [0.05, 0.1) is 6.61 Å². The maximum Gasteiger partial charge on any atom is 0.405 e. The molecule has 1 aromatic heterocycles. The maximum absolute atomic E-state index is 12.1. The highest BCUT2D eigenvalue weighted by atomic mass is 32.2. The van der Waals surface area contributed by atoms with Gasteiger partial charge in [0.1, 0.15) is 12.3 Å². The summed E-state index contributed by atoms with van der Waals surface area (Å²) < 4.78 is 42.3. The Balaban J connectivity index is 1.62. The van der Waals surface area contributed by atoms with Crippen LogP contribution in [-0.4, -0.2) is 35.3 Å². The third kappa shape index (κ3) is 6.52. The molecule has 0 amide bonds. The lowest BCUT2D eigenvalue weighted by atomic mass is 10.3. The van der Waals surface area contributed by atoms with Gasteiger partial charge in [-0.15, -0.1) is 10.2 Å². The molecule has 4 nitrogen and oxygen atoms in total. The van der Waals surface area contributed by atoms with Crippen LogP contribution in [0.15, 0.2) is 34.7 Å². The van der Waals surface area contributed by atoms with Gasteiger partial charge in [-0.3, -0.25) is 0 Å². The molecule has 9 heteroatoms. The number of alkyl halides is 3. The summed E-state index contributed by atoms with van der Waals surface area (Å²) in [5.74, 6) is 1.59. The standard InChI is InChI=1S/C13H14F3N3OS2/c14-13(15,16)9-17-11-18-19-12(22-11)21-8-4-7-20-10-5-2-1-3-6-10/h1-3,5-6H,4,7-9H2,(H,17,18). The Labute approximate surface area is 134 Å². The van der Waals surface area contributed by atoms with Crippen LogP contribution in [-0.2, 0) is 0 Å². The van der Waals surface area contributed by atoms with Gasteiger partial charge in [0.15, 0.2) is 4.34 Å². The minimum atomic E-state index is -4.26. The number of nitrogens with one attached hydrogen (secondary N) is 1. The van der Waals surface area contributed by atoms with E-state index in [2.05, 4.69) is 15.5 Å². The fourth-order valence-corrected chi connectivity index (χ4v) is 3.17. The van der Waals surface area contributed by atoms with E-state index < -0.39 is 12.7 Å². The molecule has 2 aromatic rings. The van der Waals surface area contributed by atoms with E-state index in [9.17, 15) is 13.2 Å². The van der Waals surface area contributed by atoms with Gasteiger partial charge in [-0.05, 0) is 18.6 Å². The molecule has 0 atom stereocenters. The van der Waals surface area contributed by atoms with Crippen LogP contribution in [0.3, 0.4) is 0 Å². The Morgan fingerprint density at radius 3 is 2.68 bits per heavy atom. The number of halogens is 3. The molecule has 0 radical (unpaired) electrons. The van der Waals surface area contributed by atoms with Gasteiger partial charge in [0.25, 0.3) is 0 Å². The molecule has 1 heterocycles. The first kappa shape index (κ1) is 16.9. The topological polar surface area (TPSA) is 47.0 Å². The largest absolute Gasteiger partial charge is 0.494 e. The van der Waals surface area contributed by atoms with Gasteiger partial charge in [-0.25, -0.2) is 0 Å². The summed E-state index contributed by atoms with van der Waals surface area (Å²) >= 11 is 2.57. The first-order valence-electron chi connectivity index (χ1n) is 6.48. The molecule has 0 aliphatic rings. The highest BCUT2D eigenvalue weighted by Crippen LogP contribution is 2.27. The van der Waals surface area contributed by atoms with Crippen LogP contribution in [0.5, 0.6) is 5.75 Å². The summed E-state index contributed by atoms with van der Waals surface area (Å²) in [5.41, 5.74) is 0. The number of hydrogen-bond donors (Lipinski definition) is 1. The summed E-state index contributed by atoms with van der Waals surface area (Å²) in [6.45, 7) is -0.522. The quantitative estimate of drug-likeness (QED) is 0.575. The van der Waals surface area contributed by atoms with E-state index in [1.807, 2.05) is 30.3 Å². The molecule has 0 spiro atoms. The van der Waals surface area contributed by atoms with Crippen molar-refractivity contribution < 1.29 is 17.9 Å². The molecule has 0 saturated carbocycles. The van der Waals surface area contributed by atoms with Gasteiger partial charge in [0.2, 0.25) is 5.13 Å². The smallest absolute Gasteiger partial charge is 0.405 e. The van der Waals surface area contributed by atoms with E-state index in [0.717, 1.165) is 29.3 Å². The Morgan fingerprint density at radius 1 is 1.18 bits per heavy atom. The minimum Gasteiger partial charge on any atom is -0.494 e. The normalized spacial score (nSPS) is 11.4. The number of anilines is 1. The Kier molecular flexibility index (Phi) is 6.32. The number of ether oxygens (including phenoxy) is 1. The lowest BCUT2D eigenvalue weighted by Gasteiger charge is -2.05. The van der Waals surface area contributed by atoms with Crippen molar-refractivity contribution in [1.29, 1.82) is 0 Å². The van der Waals surface area contributed by atoms with Gasteiger partial charge < -0.3 is 10.1 Å². The average Bonchev–Trinajstić information content (AvgIpc) is 2.93. The molecular weight excluding hydrogens is 335 g/mol. The molecule has 0 aliphatic carbocycles. The number of nitrogens with zero attached hydrogens (tertiary/aromatic N) is 2. The number of para-hydroxylation sites is 1. The molecule has 1 aromatic carbocycles. The predicted octanol–water partition coefficient (Wildman–Crippen LogP) is 4.07. The first-order valence-corrected chi connectivity index (χ1v) is 8.28. The average molecular weight is 349 g/mol. The van der Waals surface area contributed by atoms with Crippen molar-refractivity contribution in [2.24, 2.45) is 0 Å². The van der Waals surface area contributed by atoms with Crippen molar-refractivity contribution in [3.05, 3.63) is 30.3 Å². The third-order valence-electron chi connectivity index (χ3n) is 2.37. The molecule has 0 bridgehead atoms. The van der Waals surface area contributed by atoms with Crippen LogP contribution in [0.25, 0.3) is 0 Å². The van der Waals surface area contributed by atoms with Crippen molar-refractivity contribution in [2.45, 2.75) is 16.9 Å². The summed E-state index contributed by atoms with van der Waals surface area (Å²) in [7, 11) is 0. The Bertz CT molecular complexity index is 563. The summed E-state index contributed by atoms with van der Waals surface area (Å²) in [5, 5.41) is 9.90. The highest BCUT2D eigenvalue weighted by molar-refractivity contribution is 8.01. The van der Waals surface area contributed by atoms with E-state index in [0.29, 0.717) is 10.9 Å². The summed E-state index contributed by atoms with van der Waals surface area (Å²) in [6, 6.07) is 9.50. The maximum atomic E-state index is 12.1. The molecular formula is C13H14F3N3OS2. The summed E-state index contributed by atoms with van der Waals surface area (Å²) in [4.78, 5) is 0. The first-order chi connectivity index (χ1) is 10.5. The van der Waals surface area contributed by atoms with Crippen LogP contribution in [0.2, 0.25) is 0 Å². The van der Waals surface area contributed by atoms with Crippen molar-refractivity contribution in [2.75, 3.05) is 24.2 Å². The van der Waals surface area contributed by atoms with Gasteiger partial charge in [-0.2, -0.15) is 13.2 Å². The monoisotopic (exact) mass is 349 g/mol. The molecule has 0 fully saturated rings. The highest BCUT2D eigenvalue weighted by Gasteiger charge is 2.27. The zero-order valence-electron chi connectivity index (χ0n) is 11.5. The van der Waals surface area contributed by atoms with Gasteiger partial charge >= 0.3 is 6.18 Å². The SMILES string of the molecule is FC(F)(F)CNc1nnc(SCCCOc2ccccc2)s1. The lowest BCUT2D eigenvalue weighted by molar-refractivity contribution is -0.115. The van der Waals surface area contributed by atoms with E-state index in [1.165, 1.54) is 11.8 Å². The van der Waals surface area contributed by atoms with Crippen molar-refractivity contribution >= 4 is 28.2 Å². The van der Waals surface area contributed by atoms with E-state index in [1.54, 1.807) is 0 Å². The number of benzene rings is 1. The van der Waals surface area contributed by atoms with Crippen LogP contribution in [0, 0.1) is 0 Å². The van der Waals surface area contributed by atoms with Gasteiger partial charge in [0, 0.05) is 5.75 Å². The number of hydrogen-bond acceptors (Lipinski definition) is 6. The molecule has 120 valence electrons. The molecule has 2 rings (SSSR count). The van der Waals surface area contributed by atoms with Crippen LogP contribution in [0.4, 0.5) is 18.3 Å². The molecule has 0 saturated heterocycles. The number of thioether (sulfide) groups is 1. The van der Waals surface area contributed by atoms with Crippen molar-refractivity contribution in [3.8, 4) is 5.75 Å². The Hall–Kier alpha value is -1.48. The minimum absolute atomic E-state index is 0.181. The van der Waals surface area contributed by atoms with E-state index >= 15 is 0 Å². The predicted molar refractivity (Wildman–Crippen MR) is 81.7 cm³/mol.